The lowest BCUT2D eigenvalue weighted by molar-refractivity contribution is -0.136. The molecule has 0 aliphatic heterocycles. The van der Waals surface area contributed by atoms with Gasteiger partial charge < -0.3 is 5.11 Å². The van der Waals surface area contributed by atoms with Gasteiger partial charge in [0.1, 0.15) is 5.82 Å². The average Bonchev–Trinajstić information content (AvgIpc) is 2.01. The summed E-state index contributed by atoms with van der Waals surface area (Å²) in [4.78, 5) is 18.8. The van der Waals surface area contributed by atoms with Crippen molar-refractivity contribution < 1.29 is 9.90 Å². The maximum Gasteiger partial charge on any atom is 0.309 e. The summed E-state index contributed by atoms with van der Waals surface area (Å²) in [6.45, 7) is 5.82. The molecule has 0 unspecified atom stereocenters. The van der Waals surface area contributed by atoms with Crippen LogP contribution >= 0.6 is 0 Å². The van der Waals surface area contributed by atoms with Crippen LogP contribution in [0.5, 0.6) is 0 Å². The summed E-state index contributed by atoms with van der Waals surface area (Å²) in [6, 6.07) is 1.76. The molecule has 1 rings (SSSR count). The van der Waals surface area contributed by atoms with Gasteiger partial charge in [0.25, 0.3) is 0 Å². The number of rotatable bonds is 3. The van der Waals surface area contributed by atoms with Crippen molar-refractivity contribution in [3.8, 4) is 0 Å². The molecule has 1 N–H and O–H groups in total. The number of hydrogen-bond donors (Lipinski definition) is 1. The lowest BCUT2D eigenvalue weighted by atomic mass is 10.1. The van der Waals surface area contributed by atoms with Crippen molar-refractivity contribution >= 4 is 5.97 Å². The minimum Gasteiger partial charge on any atom is -0.481 e. The Kier molecular flexibility index (Phi) is 3.17. The maximum absolute atomic E-state index is 10.5. The highest BCUT2D eigenvalue weighted by molar-refractivity contribution is 5.69. The summed E-state index contributed by atoms with van der Waals surface area (Å²) in [5, 5.41) is 8.63. The predicted octanol–water partition coefficient (Wildman–Crippen LogP) is 1.54. The number of aryl methyl sites for hydroxylation is 1. The van der Waals surface area contributed by atoms with Crippen LogP contribution in [0.1, 0.15) is 37.0 Å². The molecular weight excluding hydrogens is 180 g/mol. The van der Waals surface area contributed by atoms with Gasteiger partial charge in [-0.25, -0.2) is 9.97 Å². The van der Waals surface area contributed by atoms with Crippen LogP contribution in [-0.4, -0.2) is 21.0 Å². The van der Waals surface area contributed by atoms with Gasteiger partial charge in [0.05, 0.1) is 12.1 Å². The summed E-state index contributed by atoms with van der Waals surface area (Å²) in [7, 11) is 0. The molecule has 0 aliphatic carbocycles. The van der Waals surface area contributed by atoms with Gasteiger partial charge in [-0.05, 0) is 18.9 Å². The molecule has 4 nitrogen and oxygen atoms in total. The van der Waals surface area contributed by atoms with E-state index in [-0.39, 0.29) is 6.42 Å². The Balaban J connectivity index is 3.01. The fourth-order valence-corrected chi connectivity index (χ4v) is 1.20. The van der Waals surface area contributed by atoms with E-state index < -0.39 is 5.97 Å². The first-order valence-corrected chi connectivity index (χ1v) is 4.55. The van der Waals surface area contributed by atoms with Gasteiger partial charge >= 0.3 is 5.97 Å². The SMILES string of the molecule is Cc1nc(CC(=O)O)cc(C(C)C)n1. The number of aliphatic carboxylic acids is 1. The third-order valence-electron chi connectivity index (χ3n) is 1.83. The van der Waals surface area contributed by atoms with Crippen molar-refractivity contribution in [2.24, 2.45) is 0 Å². The maximum atomic E-state index is 10.5. The Hall–Kier alpha value is -1.45. The molecule has 0 spiro atoms. The second-order valence-electron chi connectivity index (χ2n) is 3.56. The van der Waals surface area contributed by atoms with Crippen molar-refractivity contribution in [2.45, 2.75) is 33.1 Å². The van der Waals surface area contributed by atoms with Gasteiger partial charge in [-0.1, -0.05) is 13.8 Å². The molecular formula is C10H14N2O2. The van der Waals surface area contributed by atoms with E-state index in [0.717, 1.165) is 5.69 Å². The summed E-state index contributed by atoms with van der Waals surface area (Å²) in [6.07, 6.45) is -0.0386. The summed E-state index contributed by atoms with van der Waals surface area (Å²) < 4.78 is 0. The third kappa shape index (κ3) is 2.80. The molecule has 0 aromatic carbocycles. The molecule has 76 valence electrons. The largest absolute Gasteiger partial charge is 0.481 e. The van der Waals surface area contributed by atoms with Crippen LogP contribution in [0.3, 0.4) is 0 Å². The Morgan fingerprint density at radius 3 is 2.64 bits per heavy atom. The van der Waals surface area contributed by atoms with Gasteiger partial charge in [-0.2, -0.15) is 0 Å². The molecule has 1 aromatic rings. The third-order valence-corrected chi connectivity index (χ3v) is 1.83. The van der Waals surface area contributed by atoms with Gasteiger partial charge in [0.2, 0.25) is 0 Å². The molecule has 1 aromatic heterocycles. The van der Waals surface area contributed by atoms with Gasteiger partial charge in [-0.15, -0.1) is 0 Å². The zero-order chi connectivity index (χ0) is 10.7. The quantitative estimate of drug-likeness (QED) is 0.792. The van der Waals surface area contributed by atoms with Gasteiger partial charge in [-0.3, -0.25) is 4.79 Å². The number of carboxylic acids is 1. The summed E-state index contributed by atoms with van der Waals surface area (Å²) in [5.74, 6) is 0.0644. The molecule has 0 aliphatic rings. The highest BCUT2D eigenvalue weighted by Gasteiger charge is 2.07. The van der Waals surface area contributed by atoms with E-state index in [9.17, 15) is 4.79 Å². The van der Waals surface area contributed by atoms with Crippen molar-refractivity contribution in [1.82, 2.24) is 9.97 Å². The highest BCUT2D eigenvalue weighted by Crippen LogP contribution is 2.12. The monoisotopic (exact) mass is 194 g/mol. The zero-order valence-corrected chi connectivity index (χ0v) is 8.61. The van der Waals surface area contributed by atoms with Crippen molar-refractivity contribution in [3.05, 3.63) is 23.3 Å². The molecule has 0 amide bonds. The van der Waals surface area contributed by atoms with Crippen LogP contribution in [0.4, 0.5) is 0 Å². The van der Waals surface area contributed by atoms with Crippen LogP contribution in [0.25, 0.3) is 0 Å². The minimum atomic E-state index is -0.863. The van der Waals surface area contributed by atoms with Crippen molar-refractivity contribution in [3.63, 3.8) is 0 Å². The first kappa shape index (κ1) is 10.6. The van der Waals surface area contributed by atoms with E-state index in [2.05, 4.69) is 9.97 Å². The number of carboxylic acid groups (broad SMARTS) is 1. The molecule has 0 radical (unpaired) electrons. The molecule has 4 heteroatoms. The summed E-state index contributed by atoms with van der Waals surface area (Å²) in [5.41, 5.74) is 1.47. The second kappa shape index (κ2) is 4.17. The Labute approximate surface area is 83.0 Å². The van der Waals surface area contributed by atoms with Crippen LogP contribution in [0.15, 0.2) is 6.07 Å². The molecule has 0 saturated heterocycles. The van der Waals surface area contributed by atoms with Crippen LogP contribution < -0.4 is 0 Å². The van der Waals surface area contributed by atoms with E-state index >= 15 is 0 Å². The minimum absolute atomic E-state index is 0.0386. The first-order chi connectivity index (χ1) is 6.49. The van der Waals surface area contributed by atoms with E-state index in [4.69, 9.17) is 5.11 Å². The topological polar surface area (TPSA) is 63.1 Å². The van der Waals surface area contributed by atoms with Crippen LogP contribution in [-0.2, 0) is 11.2 Å². The molecule has 14 heavy (non-hydrogen) atoms. The molecule has 0 atom stereocenters. The fourth-order valence-electron chi connectivity index (χ4n) is 1.20. The smallest absolute Gasteiger partial charge is 0.309 e. The average molecular weight is 194 g/mol. The van der Waals surface area contributed by atoms with Crippen molar-refractivity contribution in [2.75, 3.05) is 0 Å². The Bertz CT molecular complexity index is 348. The first-order valence-electron chi connectivity index (χ1n) is 4.55. The molecule has 0 saturated carbocycles. The van der Waals surface area contributed by atoms with E-state index in [1.54, 1.807) is 13.0 Å². The van der Waals surface area contributed by atoms with Crippen molar-refractivity contribution in [1.29, 1.82) is 0 Å². The van der Waals surface area contributed by atoms with Gasteiger partial charge in [0, 0.05) is 5.69 Å². The van der Waals surface area contributed by atoms with E-state index in [1.165, 1.54) is 0 Å². The summed E-state index contributed by atoms with van der Waals surface area (Å²) >= 11 is 0. The molecule has 1 heterocycles. The number of nitrogens with zero attached hydrogens (tertiary/aromatic N) is 2. The number of carbonyl (C=O) groups is 1. The lowest BCUT2D eigenvalue weighted by Crippen LogP contribution is -2.06. The standard InChI is InChI=1S/C10H14N2O2/c1-6(2)9-4-8(5-10(13)14)11-7(3)12-9/h4,6H,5H2,1-3H3,(H,13,14). The lowest BCUT2D eigenvalue weighted by Gasteiger charge is -2.06. The molecule has 0 fully saturated rings. The predicted molar refractivity (Wildman–Crippen MR) is 52.2 cm³/mol. The number of aromatic nitrogens is 2. The van der Waals surface area contributed by atoms with E-state index in [1.807, 2.05) is 13.8 Å². The normalized spacial score (nSPS) is 10.6. The fraction of sp³-hybridized carbons (Fsp3) is 0.500. The highest BCUT2D eigenvalue weighted by atomic mass is 16.4. The van der Waals surface area contributed by atoms with Crippen LogP contribution in [0, 0.1) is 6.92 Å². The Morgan fingerprint density at radius 2 is 2.14 bits per heavy atom. The zero-order valence-electron chi connectivity index (χ0n) is 8.61. The van der Waals surface area contributed by atoms with Gasteiger partial charge in [0.15, 0.2) is 0 Å². The second-order valence-corrected chi connectivity index (χ2v) is 3.56. The Morgan fingerprint density at radius 1 is 1.50 bits per heavy atom. The number of hydrogen-bond acceptors (Lipinski definition) is 3. The molecule has 0 bridgehead atoms. The van der Waals surface area contributed by atoms with E-state index in [0.29, 0.717) is 17.4 Å². The van der Waals surface area contributed by atoms with Crippen LogP contribution in [0.2, 0.25) is 0 Å².